The van der Waals surface area contributed by atoms with Crippen molar-refractivity contribution < 1.29 is 0 Å². The maximum atomic E-state index is 4.20. The Balaban J connectivity index is 2.86. The predicted octanol–water partition coefficient (Wildman–Crippen LogP) is 1.64. The molecule has 0 aromatic carbocycles. The topological polar surface area (TPSA) is 38.7 Å². The minimum atomic E-state index is 0.919. The molecule has 0 saturated heterocycles. The molecule has 3 nitrogen and oxygen atoms in total. The molecule has 2 heterocycles. The van der Waals surface area contributed by atoms with Crippen LogP contribution in [0, 0.1) is 13.8 Å². The van der Waals surface area contributed by atoms with Gasteiger partial charge in [-0.15, -0.1) is 0 Å². The van der Waals surface area contributed by atoms with E-state index in [1.807, 2.05) is 26.1 Å². The first-order valence-electron chi connectivity index (χ1n) is 3.82. The molecule has 0 spiro atoms. The molecule has 0 aliphatic rings. The highest BCUT2D eigenvalue weighted by atomic mass is 15.1. The van der Waals surface area contributed by atoms with Gasteiger partial charge in [-0.3, -0.25) is 4.98 Å². The first-order chi connectivity index (χ1) is 5.77. The Morgan fingerprint density at radius 1 is 1.17 bits per heavy atom. The van der Waals surface area contributed by atoms with E-state index in [2.05, 4.69) is 15.2 Å². The van der Waals surface area contributed by atoms with Crippen molar-refractivity contribution in [3.05, 3.63) is 29.7 Å². The fourth-order valence-corrected chi connectivity index (χ4v) is 1.18. The van der Waals surface area contributed by atoms with Crippen LogP contribution in [0.1, 0.15) is 11.3 Å². The monoisotopic (exact) mass is 159 g/mol. The van der Waals surface area contributed by atoms with Crippen LogP contribution < -0.4 is 0 Å². The smallest absolute Gasteiger partial charge is 0.0965 e. The summed E-state index contributed by atoms with van der Waals surface area (Å²) in [5, 5.41) is 8.97. The van der Waals surface area contributed by atoms with Gasteiger partial charge in [-0.05, 0) is 25.5 Å². The lowest BCUT2D eigenvalue weighted by molar-refractivity contribution is 1.05. The van der Waals surface area contributed by atoms with Gasteiger partial charge in [0.05, 0.1) is 11.7 Å². The molecule has 0 unspecified atom stereocenters. The van der Waals surface area contributed by atoms with E-state index in [-0.39, 0.29) is 0 Å². The fraction of sp³-hybridized carbons (Fsp3) is 0.222. The summed E-state index contributed by atoms with van der Waals surface area (Å²) < 4.78 is 0. The largest absolute Gasteiger partial charge is 0.261 e. The van der Waals surface area contributed by atoms with Crippen molar-refractivity contribution in [2.75, 3.05) is 0 Å². The molecule has 3 heteroatoms. The Hall–Kier alpha value is -1.51. The third kappa shape index (κ3) is 1.03. The van der Waals surface area contributed by atoms with Gasteiger partial charge in [-0.1, -0.05) is 0 Å². The zero-order valence-electron chi connectivity index (χ0n) is 7.07. The zero-order chi connectivity index (χ0) is 8.55. The quantitative estimate of drug-likeness (QED) is 0.586. The summed E-state index contributed by atoms with van der Waals surface area (Å²) in [6, 6.07) is 1.94. The van der Waals surface area contributed by atoms with E-state index in [1.165, 1.54) is 0 Å². The number of pyridine rings is 1. The summed E-state index contributed by atoms with van der Waals surface area (Å²) in [4.78, 5) is 4.20. The highest BCUT2D eigenvalue weighted by Crippen LogP contribution is 2.13. The van der Waals surface area contributed by atoms with Crippen molar-refractivity contribution >= 4 is 10.9 Å². The van der Waals surface area contributed by atoms with Gasteiger partial charge in [0.15, 0.2) is 0 Å². The maximum Gasteiger partial charge on any atom is 0.0965 e. The zero-order valence-corrected chi connectivity index (χ0v) is 7.07. The van der Waals surface area contributed by atoms with Crippen molar-refractivity contribution in [1.82, 2.24) is 15.2 Å². The first-order valence-corrected chi connectivity index (χ1v) is 3.82. The molecule has 0 saturated carbocycles. The molecule has 2 aromatic heterocycles. The van der Waals surface area contributed by atoms with Crippen LogP contribution in [0.25, 0.3) is 10.9 Å². The molecule has 0 aliphatic carbocycles. The van der Waals surface area contributed by atoms with E-state index in [1.54, 1.807) is 6.20 Å². The van der Waals surface area contributed by atoms with Crippen molar-refractivity contribution in [3.63, 3.8) is 0 Å². The first kappa shape index (κ1) is 7.16. The number of hydrogen-bond acceptors (Lipinski definition) is 3. The number of rotatable bonds is 0. The van der Waals surface area contributed by atoms with Gasteiger partial charge in [0, 0.05) is 17.3 Å². The lowest BCUT2D eigenvalue weighted by Crippen LogP contribution is -1.89. The molecule has 60 valence electrons. The Labute approximate surface area is 70.5 Å². The minimum absolute atomic E-state index is 0.919. The maximum absolute atomic E-state index is 4.20. The Bertz CT molecular complexity index is 423. The van der Waals surface area contributed by atoms with E-state index in [9.17, 15) is 0 Å². The van der Waals surface area contributed by atoms with Crippen LogP contribution in [-0.4, -0.2) is 15.2 Å². The van der Waals surface area contributed by atoms with Crippen LogP contribution in [-0.2, 0) is 0 Å². The molecule has 0 amide bonds. The summed E-state index contributed by atoms with van der Waals surface area (Å²) in [5.41, 5.74) is 3.01. The van der Waals surface area contributed by atoms with Crippen molar-refractivity contribution in [2.45, 2.75) is 13.8 Å². The molecular weight excluding hydrogens is 150 g/mol. The molecular formula is C9H9N3. The van der Waals surface area contributed by atoms with Gasteiger partial charge >= 0.3 is 0 Å². The second kappa shape index (κ2) is 2.52. The Kier molecular flexibility index (Phi) is 1.50. The molecule has 0 aliphatic heterocycles. The summed E-state index contributed by atoms with van der Waals surface area (Å²) in [5.74, 6) is 0. The van der Waals surface area contributed by atoms with Gasteiger partial charge in [0.1, 0.15) is 0 Å². The number of aryl methyl sites for hydroxylation is 2. The summed E-state index contributed by atoms with van der Waals surface area (Å²) in [6.45, 7) is 3.96. The Morgan fingerprint density at radius 3 is 2.83 bits per heavy atom. The molecule has 0 N–H and O–H groups in total. The second-order valence-corrected chi connectivity index (χ2v) is 2.87. The van der Waals surface area contributed by atoms with Crippen LogP contribution in [0.3, 0.4) is 0 Å². The summed E-state index contributed by atoms with van der Waals surface area (Å²) in [6.07, 6.45) is 3.59. The Morgan fingerprint density at radius 2 is 2.00 bits per heavy atom. The van der Waals surface area contributed by atoms with Crippen LogP contribution in [0.2, 0.25) is 0 Å². The van der Waals surface area contributed by atoms with Gasteiger partial charge in [0.25, 0.3) is 0 Å². The number of nitrogens with zero attached hydrogens (tertiary/aromatic N) is 3. The second-order valence-electron chi connectivity index (χ2n) is 2.87. The highest BCUT2D eigenvalue weighted by Gasteiger charge is 1.98. The summed E-state index contributed by atoms with van der Waals surface area (Å²) in [7, 11) is 0. The number of fused-ring (bicyclic) bond motifs is 1. The summed E-state index contributed by atoms with van der Waals surface area (Å²) >= 11 is 0. The van der Waals surface area contributed by atoms with Crippen LogP contribution in [0.5, 0.6) is 0 Å². The number of aromatic nitrogens is 3. The van der Waals surface area contributed by atoms with E-state index in [0.29, 0.717) is 0 Å². The molecule has 0 atom stereocenters. The van der Waals surface area contributed by atoms with Gasteiger partial charge in [-0.2, -0.15) is 10.2 Å². The van der Waals surface area contributed by atoms with Crippen LogP contribution in [0.4, 0.5) is 0 Å². The fourth-order valence-electron chi connectivity index (χ4n) is 1.18. The average molecular weight is 159 g/mol. The molecule has 0 radical (unpaired) electrons. The standard InChI is InChI=1S/C9H9N3/c1-6-4-11-12-9-3-7(2)10-5-8(6)9/h3-5H,1-2H3. The molecule has 0 fully saturated rings. The van der Waals surface area contributed by atoms with E-state index >= 15 is 0 Å². The van der Waals surface area contributed by atoms with Crippen molar-refractivity contribution in [3.8, 4) is 0 Å². The van der Waals surface area contributed by atoms with Crippen LogP contribution in [0.15, 0.2) is 18.5 Å². The average Bonchev–Trinajstić information content (AvgIpc) is 2.04. The van der Waals surface area contributed by atoms with Crippen molar-refractivity contribution in [1.29, 1.82) is 0 Å². The molecule has 2 rings (SSSR count). The third-order valence-electron chi connectivity index (χ3n) is 1.86. The van der Waals surface area contributed by atoms with Crippen LogP contribution >= 0.6 is 0 Å². The normalized spacial score (nSPS) is 10.5. The lowest BCUT2D eigenvalue weighted by Gasteiger charge is -1.98. The predicted molar refractivity (Wildman–Crippen MR) is 46.8 cm³/mol. The lowest BCUT2D eigenvalue weighted by atomic mass is 10.2. The van der Waals surface area contributed by atoms with Gasteiger partial charge in [-0.25, -0.2) is 0 Å². The third-order valence-corrected chi connectivity index (χ3v) is 1.86. The number of hydrogen-bond donors (Lipinski definition) is 0. The SMILES string of the molecule is Cc1cc2nncc(C)c2cn1. The van der Waals surface area contributed by atoms with Gasteiger partial charge < -0.3 is 0 Å². The molecule has 0 bridgehead atoms. The van der Waals surface area contributed by atoms with Crippen molar-refractivity contribution in [2.24, 2.45) is 0 Å². The van der Waals surface area contributed by atoms with Gasteiger partial charge in [0.2, 0.25) is 0 Å². The molecule has 2 aromatic rings. The minimum Gasteiger partial charge on any atom is -0.261 e. The van der Waals surface area contributed by atoms with E-state index in [0.717, 1.165) is 22.2 Å². The van der Waals surface area contributed by atoms with E-state index < -0.39 is 0 Å². The molecule has 12 heavy (non-hydrogen) atoms. The van der Waals surface area contributed by atoms with E-state index in [4.69, 9.17) is 0 Å². The highest BCUT2D eigenvalue weighted by molar-refractivity contribution is 5.80.